The molecule has 0 heterocycles. The highest BCUT2D eigenvalue weighted by Gasteiger charge is 1.97. The fraction of sp³-hybridized carbons (Fsp3) is 0.750. The summed E-state index contributed by atoms with van der Waals surface area (Å²) in [4.78, 5) is 10.1. The van der Waals surface area contributed by atoms with E-state index >= 15 is 0 Å². The van der Waals surface area contributed by atoms with Crippen LogP contribution < -0.4 is 5.73 Å². The van der Waals surface area contributed by atoms with Crippen LogP contribution >= 0.6 is 12.8 Å². The van der Waals surface area contributed by atoms with Gasteiger partial charge in [-0.1, -0.05) is 19.7 Å². The third kappa shape index (κ3) is 3.95. The molecule has 0 aliphatic carbocycles. The molecule has 0 aromatic heterocycles. The van der Waals surface area contributed by atoms with Crippen molar-refractivity contribution >= 4 is 18.7 Å². The topological polar surface area (TPSA) is 46.3 Å². The van der Waals surface area contributed by atoms with Gasteiger partial charge in [0.2, 0.25) is 5.91 Å². The summed E-state index contributed by atoms with van der Waals surface area (Å²) in [6, 6.07) is 0. The van der Waals surface area contributed by atoms with Crippen LogP contribution in [-0.2, 0) is 4.79 Å². The van der Waals surface area contributed by atoms with E-state index in [0.29, 0.717) is 0 Å². The van der Waals surface area contributed by atoms with Gasteiger partial charge in [-0.25, -0.2) is 4.31 Å². The summed E-state index contributed by atoms with van der Waals surface area (Å²) < 4.78 is 1.54. The molecule has 1 amide bonds. The predicted molar refractivity (Wildman–Crippen MR) is 35.4 cm³/mol. The summed E-state index contributed by atoms with van der Waals surface area (Å²) >= 11 is 3.90. The molecule has 3 nitrogen and oxygen atoms in total. The van der Waals surface area contributed by atoms with Crippen molar-refractivity contribution in [2.75, 3.05) is 13.1 Å². The van der Waals surface area contributed by atoms with E-state index < -0.39 is 0 Å². The number of amides is 1. The number of likely N-dealkylation sites (N-methyl/N-ethyl adjacent to an activating group) is 1. The number of thiol groups is 1. The maximum atomic E-state index is 10.1. The third-order valence-electron chi connectivity index (χ3n) is 0.703. The van der Waals surface area contributed by atoms with Gasteiger partial charge in [0.1, 0.15) is 0 Å². The van der Waals surface area contributed by atoms with E-state index in [1.807, 2.05) is 6.92 Å². The Hall–Kier alpha value is -0.220. The van der Waals surface area contributed by atoms with Crippen molar-refractivity contribution in [2.45, 2.75) is 6.92 Å². The molecule has 0 aliphatic rings. The maximum absolute atomic E-state index is 10.1. The van der Waals surface area contributed by atoms with Crippen LogP contribution in [0, 0.1) is 0 Å². The lowest BCUT2D eigenvalue weighted by atomic mass is 10.6. The molecule has 0 unspecified atom stereocenters. The third-order valence-corrected chi connectivity index (χ3v) is 1.13. The summed E-state index contributed by atoms with van der Waals surface area (Å²) in [7, 11) is 0. The first-order valence-corrected chi connectivity index (χ1v) is 2.79. The molecule has 0 rings (SSSR count). The van der Waals surface area contributed by atoms with Gasteiger partial charge in [0.05, 0.1) is 6.54 Å². The van der Waals surface area contributed by atoms with Gasteiger partial charge in [-0.2, -0.15) is 0 Å². The molecule has 48 valence electrons. The minimum absolute atomic E-state index is 0.222. The number of rotatable bonds is 3. The first kappa shape index (κ1) is 7.78. The van der Waals surface area contributed by atoms with Crippen LogP contribution in [0.3, 0.4) is 0 Å². The lowest BCUT2D eigenvalue weighted by molar-refractivity contribution is -0.118. The van der Waals surface area contributed by atoms with Crippen molar-refractivity contribution in [2.24, 2.45) is 5.73 Å². The molecule has 0 spiro atoms. The highest BCUT2D eigenvalue weighted by atomic mass is 32.1. The Morgan fingerprint density at radius 2 is 2.38 bits per heavy atom. The second kappa shape index (κ2) is 3.74. The lowest BCUT2D eigenvalue weighted by Crippen LogP contribution is -2.26. The van der Waals surface area contributed by atoms with Crippen LogP contribution in [0.1, 0.15) is 6.92 Å². The van der Waals surface area contributed by atoms with Crippen molar-refractivity contribution in [3.05, 3.63) is 0 Å². The summed E-state index contributed by atoms with van der Waals surface area (Å²) in [5, 5.41) is 0. The van der Waals surface area contributed by atoms with Crippen molar-refractivity contribution in [1.82, 2.24) is 4.31 Å². The number of hydrogen-bond donors (Lipinski definition) is 2. The molecule has 2 N–H and O–H groups in total. The molecule has 0 radical (unpaired) electrons. The Kier molecular flexibility index (Phi) is 3.64. The van der Waals surface area contributed by atoms with Crippen molar-refractivity contribution in [3.63, 3.8) is 0 Å². The first-order valence-electron chi connectivity index (χ1n) is 2.39. The molecule has 0 saturated carbocycles. The highest BCUT2D eigenvalue weighted by molar-refractivity contribution is 7.77. The summed E-state index contributed by atoms with van der Waals surface area (Å²) in [6.45, 7) is 2.85. The first-order chi connectivity index (χ1) is 3.66. The average molecular weight is 134 g/mol. The molecule has 0 bridgehead atoms. The molecule has 0 aliphatic heterocycles. The zero-order valence-electron chi connectivity index (χ0n) is 4.79. The van der Waals surface area contributed by atoms with Gasteiger partial charge in [0, 0.05) is 6.54 Å². The minimum atomic E-state index is -0.346. The number of hydrogen-bond acceptors (Lipinski definition) is 3. The van der Waals surface area contributed by atoms with Crippen LogP contribution in [0.15, 0.2) is 0 Å². The molecule has 0 aromatic carbocycles. The van der Waals surface area contributed by atoms with Gasteiger partial charge >= 0.3 is 0 Å². The Bertz CT molecular complexity index is 86.1. The fourth-order valence-corrected chi connectivity index (χ4v) is 0.431. The van der Waals surface area contributed by atoms with E-state index in [1.165, 1.54) is 0 Å². The second-order valence-electron chi connectivity index (χ2n) is 1.45. The Morgan fingerprint density at radius 1 is 1.88 bits per heavy atom. The Morgan fingerprint density at radius 3 is 2.50 bits per heavy atom. The Labute approximate surface area is 54.4 Å². The van der Waals surface area contributed by atoms with Crippen molar-refractivity contribution in [3.8, 4) is 0 Å². The standard InChI is InChI=1S/C4H10N2OS/c1-2-6(8)3-4(5)7/h8H,2-3H2,1H3,(H2,5,7). The van der Waals surface area contributed by atoms with E-state index in [1.54, 1.807) is 4.31 Å². The zero-order valence-corrected chi connectivity index (χ0v) is 5.69. The molecule has 0 fully saturated rings. The van der Waals surface area contributed by atoms with E-state index in [9.17, 15) is 4.79 Å². The fourth-order valence-electron chi connectivity index (χ4n) is 0.292. The molecule has 4 heteroatoms. The number of primary amides is 1. The van der Waals surface area contributed by atoms with E-state index in [2.05, 4.69) is 12.8 Å². The van der Waals surface area contributed by atoms with E-state index in [-0.39, 0.29) is 12.5 Å². The van der Waals surface area contributed by atoms with Crippen LogP contribution in [0.2, 0.25) is 0 Å². The van der Waals surface area contributed by atoms with Crippen LogP contribution in [0.5, 0.6) is 0 Å². The van der Waals surface area contributed by atoms with E-state index in [0.717, 1.165) is 6.54 Å². The number of carbonyl (C=O) groups excluding carboxylic acids is 1. The normalized spacial score (nSPS) is 9.88. The maximum Gasteiger partial charge on any atom is 0.232 e. The van der Waals surface area contributed by atoms with E-state index in [4.69, 9.17) is 5.73 Å². The number of nitrogens with zero attached hydrogens (tertiary/aromatic N) is 1. The van der Waals surface area contributed by atoms with Crippen molar-refractivity contribution in [1.29, 1.82) is 0 Å². The molecule has 0 saturated heterocycles. The summed E-state index contributed by atoms with van der Waals surface area (Å²) in [6.07, 6.45) is 0. The Balaban J connectivity index is 3.24. The molecular weight excluding hydrogens is 124 g/mol. The average Bonchev–Trinajstić information content (AvgIpc) is 1.65. The summed E-state index contributed by atoms with van der Waals surface area (Å²) in [5.74, 6) is -0.346. The van der Waals surface area contributed by atoms with Gasteiger partial charge in [-0.05, 0) is 0 Å². The van der Waals surface area contributed by atoms with Crippen molar-refractivity contribution < 1.29 is 4.79 Å². The van der Waals surface area contributed by atoms with Gasteiger partial charge in [0.15, 0.2) is 0 Å². The molecule has 8 heavy (non-hydrogen) atoms. The molecular formula is C4H10N2OS. The predicted octanol–water partition coefficient (Wildman–Crippen LogP) is -0.362. The lowest BCUT2D eigenvalue weighted by Gasteiger charge is -2.07. The largest absolute Gasteiger partial charge is 0.369 e. The second-order valence-corrected chi connectivity index (χ2v) is 2.01. The smallest absolute Gasteiger partial charge is 0.232 e. The minimum Gasteiger partial charge on any atom is -0.369 e. The number of nitrogens with two attached hydrogens (primary N) is 1. The van der Waals surface area contributed by atoms with Crippen LogP contribution in [0.25, 0.3) is 0 Å². The zero-order chi connectivity index (χ0) is 6.57. The quantitative estimate of drug-likeness (QED) is 0.518. The molecule has 0 atom stereocenters. The van der Waals surface area contributed by atoms with Gasteiger partial charge < -0.3 is 5.73 Å². The van der Waals surface area contributed by atoms with Crippen LogP contribution in [0.4, 0.5) is 0 Å². The number of carbonyl (C=O) groups is 1. The SMILES string of the molecule is CCN(S)CC(N)=O. The van der Waals surface area contributed by atoms with Gasteiger partial charge in [-0.3, -0.25) is 4.79 Å². The molecule has 0 aromatic rings. The summed E-state index contributed by atoms with van der Waals surface area (Å²) in [5.41, 5.74) is 4.84. The monoisotopic (exact) mass is 134 g/mol. The van der Waals surface area contributed by atoms with Gasteiger partial charge in [0.25, 0.3) is 0 Å². The highest BCUT2D eigenvalue weighted by Crippen LogP contribution is 1.87. The van der Waals surface area contributed by atoms with Crippen LogP contribution in [-0.4, -0.2) is 23.3 Å². The van der Waals surface area contributed by atoms with Gasteiger partial charge in [-0.15, -0.1) is 0 Å².